The number of β-amino-alcohol motifs (C(OH)–C–C–N with tert-alkyl or cyclic N) is 1. The maximum atomic E-state index is 8.96. The predicted molar refractivity (Wildman–Crippen MR) is 82.4 cm³/mol. The van der Waals surface area contributed by atoms with E-state index in [0.29, 0.717) is 0 Å². The Morgan fingerprint density at radius 2 is 1.71 bits per heavy atom. The van der Waals surface area contributed by atoms with Crippen molar-refractivity contribution in [1.29, 1.82) is 0 Å². The number of aromatic nitrogens is 2. The van der Waals surface area contributed by atoms with Crippen molar-refractivity contribution in [3.8, 4) is 5.69 Å². The molecule has 0 radical (unpaired) electrons. The fraction of sp³-hybridized carbons (Fsp3) is 0.438. The number of nitrogens with zero attached hydrogens (tertiary/aromatic N) is 4. The quantitative estimate of drug-likeness (QED) is 0.890. The van der Waals surface area contributed by atoms with Gasteiger partial charge in [0.2, 0.25) is 0 Å². The van der Waals surface area contributed by atoms with Gasteiger partial charge < -0.3 is 9.67 Å². The molecule has 0 aliphatic carbocycles. The lowest BCUT2D eigenvalue weighted by Gasteiger charge is -2.34. The van der Waals surface area contributed by atoms with Crippen molar-refractivity contribution in [2.75, 3.05) is 39.3 Å². The van der Waals surface area contributed by atoms with Gasteiger partial charge in [-0.2, -0.15) is 0 Å². The van der Waals surface area contributed by atoms with Crippen LogP contribution in [0.25, 0.3) is 5.69 Å². The number of aliphatic hydroxyl groups is 1. The van der Waals surface area contributed by atoms with Gasteiger partial charge in [-0.15, -0.1) is 0 Å². The summed E-state index contributed by atoms with van der Waals surface area (Å²) in [6.07, 6.45) is 5.56. The largest absolute Gasteiger partial charge is 0.395 e. The number of aliphatic hydroxyl groups excluding tert-OH is 1. The van der Waals surface area contributed by atoms with E-state index in [2.05, 4.69) is 39.0 Å². The van der Waals surface area contributed by atoms with Crippen molar-refractivity contribution < 1.29 is 5.11 Å². The molecule has 0 saturated carbocycles. The van der Waals surface area contributed by atoms with Crippen molar-refractivity contribution in [2.24, 2.45) is 0 Å². The van der Waals surface area contributed by atoms with Gasteiger partial charge in [-0.05, 0) is 17.7 Å². The first-order valence-corrected chi connectivity index (χ1v) is 7.48. The average Bonchev–Trinajstić information content (AvgIpc) is 3.05. The molecule has 2 aromatic rings. The van der Waals surface area contributed by atoms with Gasteiger partial charge in [-0.25, -0.2) is 4.98 Å². The molecule has 5 heteroatoms. The van der Waals surface area contributed by atoms with E-state index in [1.165, 1.54) is 5.56 Å². The number of piperazine rings is 1. The fourth-order valence-electron chi connectivity index (χ4n) is 2.76. The molecule has 2 heterocycles. The molecular weight excluding hydrogens is 264 g/mol. The van der Waals surface area contributed by atoms with Gasteiger partial charge in [0.1, 0.15) is 0 Å². The zero-order valence-electron chi connectivity index (χ0n) is 12.2. The van der Waals surface area contributed by atoms with Crippen LogP contribution >= 0.6 is 0 Å². The monoisotopic (exact) mass is 286 g/mol. The van der Waals surface area contributed by atoms with Crippen LogP contribution < -0.4 is 0 Å². The minimum Gasteiger partial charge on any atom is -0.395 e. The number of hydrogen-bond donors (Lipinski definition) is 1. The Bertz CT molecular complexity index is 530. The van der Waals surface area contributed by atoms with E-state index in [-0.39, 0.29) is 6.61 Å². The number of hydrogen-bond acceptors (Lipinski definition) is 4. The van der Waals surface area contributed by atoms with Crippen LogP contribution in [0.4, 0.5) is 0 Å². The van der Waals surface area contributed by atoms with Crippen LogP contribution in [-0.2, 0) is 6.54 Å². The van der Waals surface area contributed by atoms with E-state index in [9.17, 15) is 0 Å². The first kappa shape index (κ1) is 14.3. The third-order valence-corrected chi connectivity index (χ3v) is 4.03. The predicted octanol–water partition coefficient (Wildman–Crippen LogP) is 0.982. The molecule has 0 atom stereocenters. The highest BCUT2D eigenvalue weighted by molar-refractivity contribution is 5.34. The summed E-state index contributed by atoms with van der Waals surface area (Å²) in [4.78, 5) is 8.86. The summed E-state index contributed by atoms with van der Waals surface area (Å²) in [5, 5.41) is 8.96. The molecule has 5 nitrogen and oxygen atoms in total. The molecule has 0 unspecified atom stereocenters. The summed E-state index contributed by atoms with van der Waals surface area (Å²) in [6.45, 7) is 6.30. The lowest BCUT2D eigenvalue weighted by atomic mass is 10.1. The topological polar surface area (TPSA) is 44.5 Å². The second-order valence-corrected chi connectivity index (χ2v) is 5.48. The summed E-state index contributed by atoms with van der Waals surface area (Å²) in [5.74, 6) is 0. The molecule has 0 spiro atoms. The Morgan fingerprint density at radius 3 is 2.33 bits per heavy atom. The van der Waals surface area contributed by atoms with Gasteiger partial charge in [0, 0.05) is 57.3 Å². The van der Waals surface area contributed by atoms with E-state index in [1.807, 2.05) is 17.1 Å². The highest BCUT2D eigenvalue weighted by Crippen LogP contribution is 2.12. The van der Waals surface area contributed by atoms with E-state index in [4.69, 9.17) is 5.11 Å². The lowest BCUT2D eigenvalue weighted by molar-refractivity contribution is 0.108. The zero-order valence-corrected chi connectivity index (χ0v) is 12.2. The van der Waals surface area contributed by atoms with Crippen LogP contribution in [0, 0.1) is 0 Å². The van der Waals surface area contributed by atoms with Crippen LogP contribution in [0.5, 0.6) is 0 Å². The Morgan fingerprint density at radius 1 is 1.00 bits per heavy atom. The molecule has 1 aromatic carbocycles. The van der Waals surface area contributed by atoms with Crippen molar-refractivity contribution in [2.45, 2.75) is 6.54 Å². The summed E-state index contributed by atoms with van der Waals surface area (Å²) in [5.41, 5.74) is 2.48. The SMILES string of the molecule is OCCN1CCN(Cc2ccc(-n3ccnc3)cc2)CC1. The summed E-state index contributed by atoms with van der Waals surface area (Å²) >= 11 is 0. The van der Waals surface area contributed by atoms with Crippen molar-refractivity contribution in [1.82, 2.24) is 19.4 Å². The van der Waals surface area contributed by atoms with Crippen LogP contribution in [0.3, 0.4) is 0 Å². The lowest BCUT2D eigenvalue weighted by Crippen LogP contribution is -2.46. The average molecular weight is 286 g/mol. The molecule has 21 heavy (non-hydrogen) atoms. The van der Waals surface area contributed by atoms with Crippen molar-refractivity contribution in [3.05, 3.63) is 48.5 Å². The fourth-order valence-corrected chi connectivity index (χ4v) is 2.76. The number of imidazole rings is 1. The Kier molecular flexibility index (Phi) is 4.65. The van der Waals surface area contributed by atoms with Gasteiger partial charge in [0.05, 0.1) is 12.9 Å². The van der Waals surface area contributed by atoms with Gasteiger partial charge in [0.15, 0.2) is 0 Å². The molecule has 1 saturated heterocycles. The summed E-state index contributed by atoms with van der Waals surface area (Å²) < 4.78 is 2.01. The van der Waals surface area contributed by atoms with E-state index >= 15 is 0 Å². The molecule has 1 N–H and O–H groups in total. The van der Waals surface area contributed by atoms with E-state index in [0.717, 1.165) is 45.0 Å². The molecule has 1 aliphatic heterocycles. The third-order valence-electron chi connectivity index (χ3n) is 4.03. The second kappa shape index (κ2) is 6.85. The smallest absolute Gasteiger partial charge is 0.0991 e. The highest BCUT2D eigenvalue weighted by Gasteiger charge is 2.16. The van der Waals surface area contributed by atoms with Crippen molar-refractivity contribution in [3.63, 3.8) is 0 Å². The molecule has 3 rings (SSSR count). The molecular formula is C16H22N4O. The molecule has 1 aromatic heterocycles. The normalized spacial score (nSPS) is 17.2. The van der Waals surface area contributed by atoms with E-state index < -0.39 is 0 Å². The number of benzene rings is 1. The number of rotatable bonds is 5. The Labute approximate surface area is 125 Å². The van der Waals surface area contributed by atoms with Crippen LogP contribution in [0.2, 0.25) is 0 Å². The van der Waals surface area contributed by atoms with Gasteiger partial charge in [0.25, 0.3) is 0 Å². The molecule has 0 bridgehead atoms. The molecule has 1 aliphatic rings. The Hall–Kier alpha value is -1.69. The highest BCUT2D eigenvalue weighted by atomic mass is 16.3. The van der Waals surface area contributed by atoms with Crippen LogP contribution in [0.15, 0.2) is 43.0 Å². The van der Waals surface area contributed by atoms with Gasteiger partial charge in [-0.1, -0.05) is 12.1 Å². The minimum atomic E-state index is 0.260. The maximum Gasteiger partial charge on any atom is 0.0991 e. The first-order chi connectivity index (χ1) is 10.3. The van der Waals surface area contributed by atoms with Crippen LogP contribution in [0.1, 0.15) is 5.56 Å². The molecule has 0 amide bonds. The zero-order chi connectivity index (χ0) is 14.5. The third kappa shape index (κ3) is 3.69. The second-order valence-electron chi connectivity index (χ2n) is 5.48. The van der Waals surface area contributed by atoms with Crippen molar-refractivity contribution >= 4 is 0 Å². The first-order valence-electron chi connectivity index (χ1n) is 7.48. The molecule has 112 valence electrons. The summed E-state index contributed by atoms with van der Waals surface area (Å²) in [6, 6.07) is 8.66. The maximum absolute atomic E-state index is 8.96. The van der Waals surface area contributed by atoms with Crippen LogP contribution in [-0.4, -0.2) is 63.8 Å². The molecule has 1 fully saturated rings. The summed E-state index contributed by atoms with van der Waals surface area (Å²) in [7, 11) is 0. The standard InChI is InChI=1S/C16H22N4O/c21-12-11-18-7-9-19(10-8-18)13-15-1-3-16(4-2-15)20-6-5-17-14-20/h1-6,14,21H,7-13H2. The van der Waals surface area contributed by atoms with Gasteiger partial charge in [-0.3, -0.25) is 9.80 Å². The Balaban J connectivity index is 1.54. The van der Waals surface area contributed by atoms with E-state index in [1.54, 1.807) is 6.20 Å². The minimum absolute atomic E-state index is 0.260. The van der Waals surface area contributed by atoms with Gasteiger partial charge >= 0.3 is 0 Å².